The molecule has 5 N–H and O–H groups in total. The lowest BCUT2D eigenvalue weighted by Gasteiger charge is -2.18. The molecule has 3 aromatic rings. The number of thiophene rings is 1. The molecule has 0 saturated carbocycles. The van der Waals surface area contributed by atoms with Gasteiger partial charge >= 0.3 is 18.0 Å². The fraction of sp³-hybridized carbons (Fsp3) is 0.208. The number of urea groups is 1. The van der Waals surface area contributed by atoms with E-state index in [1.165, 1.54) is 13.2 Å². The molecule has 0 bridgehead atoms. The SMILES string of the molecule is COc1cc(F)c(NC(=O)Nc2csc(C(=O)O)c2C(=O)O)cc1NCc1c(C(C)C)ccc(F)c1F. The number of carbonyl (C=O) groups is 3. The van der Waals surface area contributed by atoms with Crippen LogP contribution >= 0.6 is 11.3 Å². The molecule has 0 unspecified atom stereocenters. The number of benzene rings is 2. The lowest BCUT2D eigenvalue weighted by Crippen LogP contribution is -2.21. The number of carboxylic acid groups (broad SMARTS) is 2. The van der Waals surface area contributed by atoms with E-state index in [2.05, 4.69) is 16.0 Å². The Balaban J connectivity index is 1.86. The van der Waals surface area contributed by atoms with Gasteiger partial charge in [-0.25, -0.2) is 27.6 Å². The number of anilines is 3. The molecule has 0 saturated heterocycles. The van der Waals surface area contributed by atoms with E-state index in [-0.39, 0.29) is 40.8 Å². The molecule has 37 heavy (non-hydrogen) atoms. The van der Waals surface area contributed by atoms with Crippen molar-refractivity contribution in [2.75, 3.05) is 23.1 Å². The van der Waals surface area contributed by atoms with E-state index in [4.69, 9.17) is 9.84 Å². The van der Waals surface area contributed by atoms with Crippen LogP contribution in [0.1, 0.15) is 50.9 Å². The van der Waals surface area contributed by atoms with Gasteiger partial charge in [-0.3, -0.25) is 0 Å². The van der Waals surface area contributed by atoms with Crippen molar-refractivity contribution in [2.24, 2.45) is 0 Å². The number of aromatic carboxylic acids is 2. The molecule has 0 aliphatic carbocycles. The first-order valence-electron chi connectivity index (χ1n) is 10.7. The van der Waals surface area contributed by atoms with Gasteiger partial charge in [-0.05, 0) is 23.6 Å². The van der Waals surface area contributed by atoms with Gasteiger partial charge in [0.25, 0.3) is 0 Å². The van der Waals surface area contributed by atoms with Gasteiger partial charge in [0.15, 0.2) is 17.5 Å². The van der Waals surface area contributed by atoms with E-state index in [1.54, 1.807) is 0 Å². The molecule has 0 atom stereocenters. The number of amides is 2. The predicted molar refractivity (Wildman–Crippen MR) is 132 cm³/mol. The van der Waals surface area contributed by atoms with Gasteiger partial charge in [0, 0.05) is 23.6 Å². The molecule has 13 heteroatoms. The third-order valence-electron chi connectivity index (χ3n) is 5.29. The molecule has 196 valence electrons. The highest BCUT2D eigenvalue weighted by Gasteiger charge is 2.24. The summed E-state index contributed by atoms with van der Waals surface area (Å²) in [6, 6.07) is 3.58. The molecule has 2 amide bonds. The summed E-state index contributed by atoms with van der Waals surface area (Å²) in [6.45, 7) is 3.45. The maximum absolute atomic E-state index is 14.7. The summed E-state index contributed by atoms with van der Waals surface area (Å²) in [5, 5.41) is 26.8. The second kappa shape index (κ2) is 11.2. The van der Waals surface area contributed by atoms with E-state index >= 15 is 0 Å². The zero-order valence-electron chi connectivity index (χ0n) is 19.7. The molecular weight excluding hydrogens is 515 g/mol. The number of ether oxygens (including phenoxy) is 1. The van der Waals surface area contributed by atoms with Crippen LogP contribution < -0.4 is 20.7 Å². The number of halogens is 3. The fourth-order valence-electron chi connectivity index (χ4n) is 3.57. The normalized spacial score (nSPS) is 10.8. The molecule has 0 aliphatic heterocycles. The summed E-state index contributed by atoms with van der Waals surface area (Å²) in [5.74, 6) is -6.10. The number of carboxylic acids is 2. The van der Waals surface area contributed by atoms with E-state index in [0.717, 1.165) is 23.6 Å². The van der Waals surface area contributed by atoms with E-state index in [9.17, 15) is 32.7 Å². The van der Waals surface area contributed by atoms with E-state index in [1.807, 2.05) is 13.8 Å². The predicted octanol–water partition coefficient (Wildman–Crippen LogP) is 5.95. The largest absolute Gasteiger partial charge is 0.494 e. The molecule has 0 aliphatic rings. The van der Waals surface area contributed by atoms with Crippen LogP contribution in [0, 0.1) is 17.5 Å². The Kier molecular flexibility index (Phi) is 8.28. The van der Waals surface area contributed by atoms with Crippen molar-refractivity contribution in [1.29, 1.82) is 0 Å². The van der Waals surface area contributed by atoms with Gasteiger partial charge in [-0.1, -0.05) is 19.9 Å². The second-order valence-electron chi connectivity index (χ2n) is 8.01. The number of hydrogen-bond donors (Lipinski definition) is 5. The minimum absolute atomic E-state index is 0.0171. The number of rotatable bonds is 9. The van der Waals surface area contributed by atoms with Crippen LogP contribution in [-0.2, 0) is 6.54 Å². The molecule has 9 nitrogen and oxygen atoms in total. The highest BCUT2D eigenvalue weighted by molar-refractivity contribution is 7.13. The van der Waals surface area contributed by atoms with Crippen molar-refractivity contribution >= 4 is 46.4 Å². The molecule has 0 spiro atoms. The Labute approximate surface area is 212 Å². The minimum Gasteiger partial charge on any atom is -0.494 e. The first-order chi connectivity index (χ1) is 17.4. The zero-order chi connectivity index (χ0) is 27.4. The van der Waals surface area contributed by atoms with Crippen molar-refractivity contribution in [3.8, 4) is 5.75 Å². The van der Waals surface area contributed by atoms with Crippen LogP contribution in [0.15, 0.2) is 29.6 Å². The average Bonchev–Trinajstić information content (AvgIpc) is 3.25. The van der Waals surface area contributed by atoms with Gasteiger partial charge in [-0.15, -0.1) is 11.3 Å². The van der Waals surface area contributed by atoms with Crippen LogP contribution in [0.5, 0.6) is 5.75 Å². The van der Waals surface area contributed by atoms with Gasteiger partial charge in [0.2, 0.25) is 0 Å². The Hall–Kier alpha value is -4.26. The fourth-order valence-corrected chi connectivity index (χ4v) is 4.39. The second-order valence-corrected chi connectivity index (χ2v) is 8.89. The summed E-state index contributed by atoms with van der Waals surface area (Å²) in [4.78, 5) is 34.7. The van der Waals surface area contributed by atoms with Gasteiger partial charge in [-0.2, -0.15) is 0 Å². The lowest BCUT2D eigenvalue weighted by molar-refractivity contribution is 0.0657. The molecule has 1 aromatic heterocycles. The highest BCUT2D eigenvalue weighted by atomic mass is 32.1. The van der Waals surface area contributed by atoms with Gasteiger partial charge in [0.1, 0.15) is 16.2 Å². The average molecular weight is 538 g/mol. The molecular formula is C24H22F3N3O6S. The zero-order valence-corrected chi connectivity index (χ0v) is 20.6. The smallest absolute Gasteiger partial charge is 0.346 e. The van der Waals surface area contributed by atoms with Crippen molar-refractivity contribution in [3.05, 3.63) is 68.7 Å². The van der Waals surface area contributed by atoms with Crippen LogP contribution in [0.3, 0.4) is 0 Å². The monoisotopic (exact) mass is 537 g/mol. The summed E-state index contributed by atoms with van der Waals surface area (Å²) in [6.07, 6.45) is 0. The topological polar surface area (TPSA) is 137 Å². The number of carbonyl (C=O) groups excluding carboxylic acids is 1. The summed E-state index contributed by atoms with van der Waals surface area (Å²) < 4.78 is 48.2. The van der Waals surface area contributed by atoms with E-state index < -0.39 is 45.9 Å². The molecule has 2 aromatic carbocycles. The quantitative estimate of drug-likeness (QED) is 0.227. The Bertz CT molecular complexity index is 1380. The Morgan fingerprint density at radius 1 is 0.973 bits per heavy atom. The van der Waals surface area contributed by atoms with Crippen LogP contribution in [0.4, 0.5) is 35.0 Å². The third kappa shape index (κ3) is 5.94. The number of nitrogens with one attached hydrogen (secondary N) is 3. The highest BCUT2D eigenvalue weighted by Crippen LogP contribution is 2.33. The standard InChI is InChI=1S/C24H22F3N3O6S/c1-10(2)11-4-5-13(25)20(27)12(11)8-28-16-7-15(14(26)6-18(16)36-3)29-24(35)30-17-9-37-21(23(33)34)19(17)22(31)32/h4-7,9-10,28H,8H2,1-3H3,(H,31,32)(H,33,34)(H2,29,30,35). The van der Waals surface area contributed by atoms with Crippen molar-refractivity contribution in [3.63, 3.8) is 0 Å². The van der Waals surface area contributed by atoms with Gasteiger partial charge in [0.05, 0.1) is 24.2 Å². The molecule has 1 heterocycles. The van der Waals surface area contributed by atoms with Crippen molar-refractivity contribution in [2.45, 2.75) is 26.3 Å². The van der Waals surface area contributed by atoms with Crippen molar-refractivity contribution in [1.82, 2.24) is 0 Å². The lowest BCUT2D eigenvalue weighted by atomic mass is 9.96. The molecule has 0 radical (unpaired) electrons. The van der Waals surface area contributed by atoms with Crippen LogP contribution in [-0.4, -0.2) is 35.3 Å². The summed E-state index contributed by atoms with van der Waals surface area (Å²) in [7, 11) is 1.27. The number of hydrogen-bond acceptors (Lipinski definition) is 6. The van der Waals surface area contributed by atoms with Gasteiger partial charge < -0.3 is 30.9 Å². The van der Waals surface area contributed by atoms with E-state index in [0.29, 0.717) is 16.9 Å². The Morgan fingerprint density at radius 3 is 2.24 bits per heavy atom. The summed E-state index contributed by atoms with van der Waals surface area (Å²) in [5.41, 5.74) is -0.481. The molecule has 0 fully saturated rings. The van der Waals surface area contributed by atoms with Crippen LogP contribution in [0.2, 0.25) is 0 Å². The third-order valence-corrected chi connectivity index (χ3v) is 6.26. The first-order valence-corrected chi connectivity index (χ1v) is 11.6. The van der Waals surface area contributed by atoms with Crippen LogP contribution in [0.25, 0.3) is 0 Å². The Morgan fingerprint density at radius 2 is 1.65 bits per heavy atom. The maximum atomic E-state index is 14.7. The first kappa shape index (κ1) is 27.3. The maximum Gasteiger partial charge on any atom is 0.346 e. The number of methoxy groups -OCH3 is 1. The molecule has 3 rings (SSSR count). The minimum atomic E-state index is -1.57. The van der Waals surface area contributed by atoms with Crippen molar-refractivity contribution < 1.29 is 42.5 Å². The summed E-state index contributed by atoms with van der Waals surface area (Å²) >= 11 is 0.600.